The van der Waals surface area contributed by atoms with E-state index in [1.54, 1.807) is 0 Å². The molecule has 0 saturated carbocycles. The van der Waals surface area contributed by atoms with E-state index in [1.165, 1.54) is 0 Å². The standard InChI is InChI=1S/C11H18N2O/c1-3-4-5-11(14)13-7-6-12-8-10(2)9-13/h1,10,12H,4-9H2,2H3. The minimum absolute atomic E-state index is 0.193. The third-order valence-electron chi connectivity index (χ3n) is 2.42. The van der Waals surface area contributed by atoms with Crippen molar-refractivity contribution in [2.75, 3.05) is 26.2 Å². The summed E-state index contributed by atoms with van der Waals surface area (Å²) in [6, 6.07) is 0. The number of amides is 1. The number of carbonyl (C=O) groups excluding carboxylic acids is 1. The Bertz CT molecular complexity index is 232. The van der Waals surface area contributed by atoms with E-state index < -0.39 is 0 Å². The van der Waals surface area contributed by atoms with Crippen LogP contribution in [-0.4, -0.2) is 37.0 Å². The molecule has 0 aromatic heterocycles. The molecule has 14 heavy (non-hydrogen) atoms. The maximum atomic E-state index is 11.7. The quantitative estimate of drug-likeness (QED) is 0.648. The molecule has 1 amide bonds. The summed E-state index contributed by atoms with van der Waals surface area (Å²) in [5.41, 5.74) is 0. The second kappa shape index (κ2) is 5.66. The summed E-state index contributed by atoms with van der Waals surface area (Å²) in [5, 5.41) is 3.30. The molecule has 0 bridgehead atoms. The van der Waals surface area contributed by atoms with Crippen molar-refractivity contribution in [3.63, 3.8) is 0 Å². The molecule has 0 spiro atoms. The third kappa shape index (κ3) is 3.39. The minimum Gasteiger partial charge on any atom is -0.341 e. The molecule has 1 rings (SSSR count). The van der Waals surface area contributed by atoms with Gasteiger partial charge in [-0.15, -0.1) is 12.3 Å². The summed E-state index contributed by atoms with van der Waals surface area (Å²) >= 11 is 0. The summed E-state index contributed by atoms with van der Waals surface area (Å²) in [4.78, 5) is 13.6. The fourth-order valence-corrected chi connectivity index (χ4v) is 1.66. The summed E-state index contributed by atoms with van der Waals surface area (Å²) < 4.78 is 0. The molecule has 3 heteroatoms. The van der Waals surface area contributed by atoms with Crippen LogP contribution in [0.5, 0.6) is 0 Å². The van der Waals surface area contributed by atoms with Gasteiger partial charge in [-0.05, 0) is 12.5 Å². The molecule has 0 aliphatic carbocycles. The lowest BCUT2D eigenvalue weighted by Gasteiger charge is -2.21. The van der Waals surface area contributed by atoms with Gasteiger partial charge in [0.05, 0.1) is 0 Å². The molecule has 0 radical (unpaired) electrons. The van der Waals surface area contributed by atoms with Crippen LogP contribution in [0.1, 0.15) is 19.8 Å². The van der Waals surface area contributed by atoms with Crippen LogP contribution >= 0.6 is 0 Å². The Morgan fingerprint density at radius 2 is 2.50 bits per heavy atom. The van der Waals surface area contributed by atoms with Crippen LogP contribution in [0.4, 0.5) is 0 Å². The van der Waals surface area contributed by atoms with Crippen LogP contribution in [0, 0.1) is 18.3 Å². The lowest BCUT2D eigenvalue weighted by Crippen LogP contribution is -2.35. The molecule has 1 heterocycles. The number of nitrogens with zero attached hydrogens (tertiary/aromatic N) is 1. The molecule has 0 aromatic rings. The van der Waals surface area contributed by atoms with Gasteiger partial charge in [0, 0.05) is 32.5 Å². The topological polar surface area (TPSA) is 32.3 Å². The van der Waals surface area contributed by atoms with Crippen molar-refractivity contribution in [3.8, 4) is 12.3 Å². The highest BCUT2D eigenvalue weighted by Crippen LogP contribution is 2.05. The van der Waals surface area contributed by atoms with Crippen molar-refractivity contribution in [2.24, 2.45) is 5.92 Å². The molecule has 1 atom stereocenters. The number of terminal acetylenes is 1. The first-order chi connectivity index (χ1) is 6.74. The molecule has 78 valence electrons. The summed E-state index contributed by atoms with van der Waals surface area (Å²) in [6.07, 6.45) is 6.17. The van der Waals surface area contributed by atoms with Gasteiger partial charge in [0.1, 0.15) is 0 Å². The second-order valence-electron chi connectivity index (χ2n) is 3.85. The molecule has 1 fully saturated rings. The molecule has 1 saturated heterocycles. The zero-order valence-electron chi connectivity index (χ0n) is 8.75. The van der Waals surface area contributed by atoms with Gasteiger partial charge in [0.15, 0.2) is 0 Å². The Balaban J connectivity index is 2.41. The molecule has 1 aliphatic heterocycles. The highest BCUT2D eigenvalue weighted by atomic mass is 16.2. The average Bonchev–Trinajstić information content (AvgIpc) is 2.39. The van der Waals surface area contributed by atoms with E-state index in [-0.39, 0.29) is 5.91 Å². The first-order valence-electron chi connectivity index (χ1n) is 5.16. The van der Waals surface area contributed by atoms with E-state index in [0.717, 1.165) is 26.2 Å². The van der Waals surface area contributed by atoms with E-state index in [4.69, 9.17) is 6.42 Å². The fraction of sp³-hybridized carbons (Fsp3) is 0.727. The van der Waals surface area contributed by atoms with Gasteiger partial charge in [-0.1, -0.05) is 6.92 Å². The van der Waals surface area contributed by atoms with Gasteiger partial charge >= 0.3 is 0 Å². The predicted molar refractivity (Wildman–Crippen MR) is 56.7 cm³/mol. The van der Waals surface area contributed by atoms with Gasteiger partial charge < -0.3 is 10.2 Å². The van der Waals surface area contributed by atoms with Crippen LogP contribution in [0.3, 0.4) is 0 Å². The Labute approximate surface area is 85.9 Å². The van der Waals surface area contributed by atoms with Crippen LogP contribution in [-0.2, 0) is 4.79 Å². The zero-order valence-corrected chi connectivity index (χ0v) is 8.75. The van der Waals surface area contributed by atoms with Gasteiger partial charge in [-0.2, -0.15) is 0 Å². The molecule has 1 aliphatic rings. The second-order valence-corrected chi connectivity index (χ2v) is 3.85. The van der Waals surface area contributed by atoms with Crippen LogP contribution < -0.4 is 5.32 Å². The van der Waals surface area contributed by atoms with Crippen molar-refractivity contribution in [2.45, 2.75) is 19.8 Å². The van der Waals surface area contributed by atoms with E-state index in [1.807, 2.05) is 4.90 Å². The van der Waals surface area contributed by atoms with Gasteiger partial charge in [-0.25, -0.2) is 0 Å². The number of hydrogen-bond donors (Lipinski definition) is 1. The SMILES string of the molecule is C#CCCC(=O)N1CCNCC(C)C1. The lowest BCUT2D eigenvalue weighted by atomic mass is 10.1. The van der Waals surface area contributed by atoms with Crippen molar-refractivity contribution < 1.29 is 4.79 Å². The molecule has 0 aromatic carbocycles. The van der Waals surface area contributed by atoms with Crippen LogP contribution in [0.2, 0.25) is 0 Å². The number of hydrogen-bond acceptors (Lipinski definition) is 2. The van der Waals surface area contributed by atoms with E-state index in [0.29, 0.717) is 18.8 Å². The number of nitrogens with one attached hydrogen (secondary N) is 1. The van der Waals surface area contributed by atoms with Crippen molar-refractivity contribution in [3.05, 3.63) is 0 Å². The molecule has 3 nitrogen and oxygen atoms in total. The monoisotopic (exact) mass is 194 g/mol. The Morgan fingerprint density at radius 3 is 3.21 bits per heavy atom. The highest BCUT2D eigenvalue weighted by Gasteiger charge is 2.18. The highest BCUT2D eigenvalue weighted by molar-refractivity contribution is 5.76. The maximum absolute atomic E-state index is 11.7. The first-order valence-corrected chi connectivity index (χ1v) is 5.16. The fourth-order valence-electron chi connectivity index (χ4n) is 1.66. The number of carbonyl (C=O) groups is 1. The minimum atomic E-state index is 0.193. The summed E-state index contributed by atoms with van der Waals surface area (Å²) in [7, 11) is 0. The van der Waals surface area contributed by atoms with Crippen molar-refractivity contribution in [1.82, 2.24) is 10.2 Å². The summed E-state index contributed by atoms with van der Waals surface area (Å²) in [5.74, 6) is 3.23. The van der Waals surface area contributed by atoms with Crippen LogP contribution in [0.25, 0.3) is 0 Å². The molecule has 1 unspecified atom stereocenters. The Kier molecular flexibility index (Phi) is 4.48. The van der Waals surface area contributed by atoms with Crippen LogP contribution in [0.15, 0.2) is 0 Å². The Hall–Kier alpha value is -1.01. The molecular weight excluding hydrogens is 176 g/mol. The lowest BCUT2D eigenvalue weighted by molar-refractivity contribution is -0.131. The van der Waals surface area contributed by atoms with Gasteiger partial charge in [0.25, 0.3) is 0 Å². The zero-order chi connectivity index (χ0) is 10.4. The molecular formula is C11H18N2O. The van der Waals surface area contributed by atoms with E-state index in [9.17, 15) is 4.79 Å². The smallest absolute Gasteiger partial charge is 0.223 e. The van der Waals surface area contributed by atoms with Crippen molar-refractivity contribution in [1.29, 1.82) is 0 Å². The van der Waals surface area contributed by atoms with E-state index in [2.05, 4.69) is 18.2 Å². The molecule has 1 N–H and O–H groups in total. The van der Waals surface area contributed by atoms with E-state index >= 15 is 0 Å². The van der Waals surface area contributed by atoms with Crippen molar-refractivity contribution >= 4 is 5.91 Å². The predicted octanol–water partition coefficient (Wildman–Crippen LogP) is 0.468. The Morgan fingerprint density at radius 1 is 1.71 bits per heavy atom. The average molecular weight is 194 g/mol. The first kappa shape index (κ1) is 11.1. The third-order valence-corrected chi connectivity index (χ3v) is 2.42. The summed E-state index contributed by atoms with van der Waals surface area (Å²) in [6.45, 7) is 5.72. The number of rotatable bonds is 2. The largest absolute Gasteiger partial charge is 0.341 e. The normalized spacial score (nSPS) is 22.6. The van der Waals surface area contributed by atoms with Gasteiger partial charge in [-0.3, -0.25) is 4.79 Å². The van der Waals surface area contributed by atoms with Gasteiger partial charge in [0.2, 0.25) is 5.91 Å². The maximum Gasteiger partial charge on any atom is 0.223 e.